The van der Waals surface area contributed by atoms with Gasteiger partial charge in [0, 0.05) is 24.4 Å². The lowest BCUT2D eigenvalue weighted by molar-refractivity contribution is 0.774. The number of hydrogen-bond donors (Lipinski definition) is 1. The van der Waals surface area contributed by atoms with Crippen molar-refractivity contribution in [1.82, 2.24) is 10.3 Å². The summed E-state index contributed by atoms with van der Waals surface area (Å²) in [6.45, 7) is 3.01. The zero-order valence-electron chi connectivity index (χ0n) is 7.09. The van der Waals surface area contributed by atoms with Crippen LogP contribution in [0.5, 0.6) is 0 Å². The smallest absolute Gasteiger partial charge is 0.0419 e. The lowest BCUT2D eigenvalue weighted by Gasteiger charge is -1.99. The third kappa shape index (κ3) is 2.68. The minimum absolute atomic E-state index is 0.996. The molecule has 0 spiro atoms. The summed E-state index contributed by atoms with van der Waals surface area (Å²) in [6.07, 6.45) is 1.01. The average Bonchev–Trinajstić information content (AvgIpc) is 2.01. The molecular weight excluding hydrogens is 136 g/mol. The fraction of sp³-hybridized carbons (Fsp3) is 0.444. The zero-order valence-corrected chi connectivity index (χ0v) is 7.09. The van der Waals surface area contributed by atoms with Gasteiger partial charge in [-0.1, -0.05) is 6.07 Å². The van der Waals surface area contributed by atoms with Crippen molar-refractivity contribution >= 4 is 0 Å². The maximum atomic E-state index is 4.37. The van der Waals surface area contributed by atoms with E-state index in [4.69, 9.17) is 0 Å². The van der Waals surface area contributed by atoms with Crippen molar-refractivity contribution in [3.8, 4) is 0 Å². The number of nitrogens with one attached hydrogen (secondary N) is 1. The molecule has 11 heavy (non-hydrogen) atoms. The van der Waals surface area contributed by atoms with Gasteiger partial charge in [0.25, 0.3) is 0 Å². The molecule has 0 aliphatic heterocycles. The van der Waals surface area contributed by atoms with Gasteiger partial charge in [0.1, 0.15) is 0 Å². The van der Waals surface area contributed by atoms with E-state index in [9.17, 15) is 0 Å². The Labute approximate surface area is 67.7 Å². The lowest BCUT2D eigenvalue weighted by Crippen LogP contribution is -2.11. The first kappa shape index (κ1) is 8.21. The summed E-state index contributed by atoms with van der Waals surface area (Å²) in [5.74, 6) is 0. The quantitative estimate of drug-likeness (QED) is 0.699. The maximum absolute atomic E-state index is 4.37. The van der Waals surface area contributed by atoms with E-state index in [1.807, 2.05) is 26.1 Å². The molecule has 60 valence electrons. The second-order valence-corrected chi connectivity index (χ2v) is 2.62. The van der Waals surface area contributed by atoms with Gasteiger partial charge in [0.15, 0.2) is 0 Å². The van der Waals surface area contributed by atoms with E-state index in [1.165, 1.54) is 5.69 Å². The van der Waals surface area contributed by atoms with Gasteiger partial charge in [0.05, 0.1) is 0 Å². The topological polar surface area (TPSA) is 24.9 Å². The molecule has 0 saturated carbocycles. The molecule has 0 aliphatic carbocycles. The minimum atomic E-state index is 0.996. The van der Waals surface area contributed by atoms with E-state index in [0.717, 1.165) is 18.7 Å². The van der Waals surface area contributed by atoms with Gasteiger partial charge in [-0.05, 0) is 26.1 Å². The van der Waals surface area contributed by atoms with Gasteiger partial charge in [-0.15, -0.1) is 0 Å². The molecule has 0 atom stereocenters. The Morgan fingerprint density at radius 1 is 1.45 bits per heavy atom. The van der Waals surface area contributed by atoms with Gasteiger partial charge in [-0.3, -0.25) is 4.98 Å². The molecule has 0 saturated heterocycles. The van der Waals surface area contributed by atoms with Crippen molar-refractivity contribution in [1.29, 1.82) is 0 Å². The summed E-state index contributed by atoms with van der Waals surface area (Å²) < 4.78 is 0. The summed E-state index contributed by atoms with van der Waals surface area (Å²) in [6, 6.07) is 6.13. The average molecular weight is 150 g/mol. The molecule has 0 aromatic carbocycles. The first-order valence-electron chi connectivity index (χ1n) is 3.90. The van der Waals surface area contributed by atoms with Gasteiger partial charge in [-0.2, -0.15) is 0 Å². The second-order valence-electron chi connectivity index (χ2n) is 2.62. The van der Waals surface area contributed by atoms with Crippen molar-refractivity contribution < 1.29 is 0 Å². The third-order valence-electron chi connectivity index (χ3n) is 1.58. The first-order valence-corrected chi connectivity index (χ1v) is 3.90. The molecule has 2 nitrogen and oxygen atoms in total. The van der Waals surface area contributed by atoms with E-state index < -0.39 is 0 Å². The van der Waals surface area contributed by atoms with E-state index in [2.05, 4.69) is 16.4 Å². The van der Waals surface area contributed by atoms with Crippen molar-refractivity contribution in [3.05, 3.63) is 29.6 Å². The van der Waals surface area contributed by atoms with Gasteiger partial charge >= 0.3 is 0 Å². The fourth-order valence-electron chi connectivity index (χ4n) is 0.992. The monoisotopic (exact) mass is 150 g/mol. The number of pyridine rings is 1. The van der Waals surface area contributed by atoms with Crippen molar-refractivity contribution in [2.75, 3.05) is 13.6 Å². The number of hydrogen-bond acceptors (Lipinski definition) is 2. The molecule has 0 amide bonds. The van der Waals surface area contributed by atoms with Crippen LogP contribution in [0.1, 0.15) is 11.4 Å². The number of aromatic nitrogens is 1. The Morgan fingerprint density at radius 3 is 2.91 bits per heavy atom. The summed E-state index contributed by atoms with van der Waals surface area (Å²) >= 11 is 0. The summed E-state index contributed by atoms with van der Waals surface area (Å²) in [4.78, 5) is 4.37. The van der Waals surface area contributed by atoms with Gasteiger partial charge in [0.2, 0.25) is 0 Å². The number of nitrogens with zero attached hydrogens (tertiary/aromatic N) is 1. The van der Waals surface area contributed by atoms with Crippen LogP contribution in [0.2, 0.25) is 0 Å². The van der Waals surface area contributed by atoms with Crippen LogP contribution < -0.4 is 5.32 Å². The van der Waals surface area contributed by atoms with Crippen LogP contribution in [0.25, 0.3) is 0 Å². The molecule has 1 heterocycles. The van der Waals surface area contributed by atoms with Crippen LogP contribution in [0.15, 0.2) is 18.2 Å². The van der Waals surface area contributed by atoms with Crippen LogP contribution in [0.3, 0.4) is 0 Å². The SMILES string of the molecule is CNCCc1cccc(C)n1. The zero-order chi connectivity index (χ0) is 8.10. The highest BCUT2D eigenvalue weighted by Crippen LogP contribution is 1.97. The lowest BCUT2D eigenvalue weighted by atomic mass is 10.2. The maximum Gasteiger partial charge on any atom is 0.0419 e. The van der Waals surface area contributed by atoms with Crippen LogP contribution in [0, 0.1) is 6.92 Å². The van der Waals surface area contributed by atoms with E-state index in [0.29, 0.717) is 0 Å². The molecule has 0 bridgehead atoms. The Kier molecular flexibility index (Phi) is 3.05. The Morgan fingerprint density at radius 2 is 2.27 bits per heavy atom. The fourth-order valence-corrected chi connectivity index (χ4v) is 0.992. The summed E-state index contributed by atoms with van der Waals surface area (Å²) in [5.41, 5.74) is 2.26. The Bertz CT molecular complexity index is 221. The van der Waals surface area contributed by atoms with Crippen LogP contribution >= 0.6 is 0 Å². The Balaban J connectivity index is 2.56. The molecular formula is C9H14N2. The molecule has 1 aromatic rings. The van der Waals surface area contributed by atoms with Crippen LogP contribution in [0.4, 0.5) is 0 Å². The standard InChI is InChI=1S/C9H14N2/c1-8-4-3-5-9(11-8)6-7-10-2/h3-5,10H,6-7H2,1-2H3. The first-order chi connectivity index (χ1) is 5.33. The number of rotatable bonds is 3. The summed E-state index contributed by atoms with van der Waals surface area (Å²) in [5, 5.41) is 3.10. The van der Waals surface area contributed by atoms with E-state index in [1.54, 1.807) is 0 Å². The molecule has 1 rings (SSSR count). The molecule has 1 aromatic heterocycles. The second kappa shape index (κ2) is 4.09. The van der Waals surface area contributed by atoms with Crippen LogP contribution in [-0.2, 0) is 6.42 Å². The van der Waals surface area contributed by atoms with Crippen molar-refractivity contribution in [2.24, 2.45) is 0 Å². The summed E-state index contributed by atoms with van der Waals surface area (Å²) in [7, 11) is 1.95. The normalized spacial score (nSPS) is 10.0. The van der Waals surface area contributed by atoms with Crippen molar-refractivity contribution in [3.63, 3.8) is 0 Å². The predicted octanol–water partition coefficient (Wildman–Crippen LogP) is 1.15. The molecule has 2 heteroatoms. The molecule has 0 radical (unpaired) electrons. The highest BCUT2D eigenvalue weighted by atomic mass is 14.8. The van der Waals surface area contributed by atoms with Crippen LogP contribution in [-0.4, -0.2) is 18.6 Å². The van der Waals surface area contributed by atoms with Gasteiger partial charge in [-0.25, -0.2) is 0 Å². The highest BCUT2D eigenvalue weighted by Gasteiger charge is 1.92. The number of likely N-dealkylation sites (N-methyl/N-ethyl adjacent to an activating group) is 1. The largest absolute Gasteiger partial charge is 0.319 e. The predicted molar refractivity (Wildman–Crippen MR) is 46.6 cm³/mol. The third-order valence-corrected chi connectivity index (χ3v) is 1.58. The van der Waals surface area contributed by atoms with Gasteiger partial charge < -0.3 is 5.32 Å². The molecule has 1 N–H and O–H groups in total. The molecule has 0 unspecified atom stereocenters. The molecule has 0 fully saturated rings. The van der Waals surface area contributed by atoms with Crippen molar-refractivity contribution in [2.45, 2.75) is 13.3 Å². The highest BCUT2D eigenvalue weighted by molar-refractivity contribution is 5.09. The molecule has 0 aliphatic rings. The van der Waals surface area contributed by atoms with E-state index >= 15 is 0 Å². The minimum Gasteiger partial charge on any atom is -0.319 e. The van der Waals surface area contributed by atoms with E-state index in [-0.39, 0.29) is 0 Å². The number of aryl methyl sites for hydroxylation is 1. The Hall–Kier alpha value is -0.890.